The highest BCUT2D eigenvalue weighted by atomic mass is 19.3. The Hall–Kier alpha value is -0.970. The van der Waals surface area contributed by atoms with E-state index in [0.29, 0.717) is 18.3 Å². The summed E-state index contributed by atoms with van der Waals surface area (Å²) >= 11 is 0. The van der Waals surface area contributed by atoms with Crippen LogP contribution in [0.2, 0.25) is 0 Å². The molecule has 0 fully saturated rings. The molecule has 1 N–H and O–H groups in total. The Morgan fingerprint density at radius 2 is 2.07 bits per heavy atom. The fourth-order valence-electron chi connectivity index (χ4n) is 1.15. The zero-order chi connectivity index (χ0) is 11.4. The van der Waals surface area contributed by atoms with Gasteiger partial charge in [-0.15, -0.1) is 0 Å². The second kappa shape index (κ2) is 5.21. The van der Waals surface area contributed by atoms with Crippen LogP contribution < -0.4 is 5.32 Å². The quantitative estimate of drug-likeness (QED) is 0.820. The van der Waals surface area contributed by atoms with Gasteiger partial charge in [0.15, 0.2) is 0 Å². The lowest BCUT2D eigenvalue weighted by Crippen LogP contribution is -2.31. The first-order valence-corrected chi connectivity index (χ1v) is 5.05. The molecule has 1 unspecified atom stereocenters. The Morgan fingerprint density at radius 1 is 1.40 bits per heavy atom. The van der Waals surface area contributed by atoms with Crippen LogP contribution in [0.1, 0.15) is 33.1 Å². The third-order valence-corrected chi connectivity index (χ3v) is 2.54. The molecule has 0 amide bonds. The van der Waals surface area contributed by atoms with E-state index >= 15 is 0 Å². The number of imidazole rings is 1. The van der Waals surface area contributed by atoms with Crippen molar-refractivity contribution in [1.82, 2.24) is 14.9 Å². The summed E-state index contributed by atoms with van der Waals surface area (Å²) < 4.78 is 25.8. The maximum Gasteiger partial charge on any atom is 0.319 e. The van der Waals surface area contributed by atoms with Crippen LogP contribution in [0.15, 0.2) is 12.4 Å². The molecule has 1 aromatic heterocycles. The molecule has 3 nitrogen and oxygen atoms in total. The van der Waals surface area contributed by atoms with E-state index in [4.69, 9.17) is 0 Å². The summed E-state index contributed by atoms with van der Waals surface area (Å²) in [5, 5.41) is 3.16. The topological polar surface area (TPSA) is 29.9 Å². The lowest BCUT2D eigenvalue weighted by Gasteiger charge is -2.17. The normalized spacial score (nSPS) is 13.8. The molecule has 1 atom stereocenters. The molecule has 0 spiro atoms. The molecule has 0 saturated carbocycles. The highest BCUT2D eigenvalue weighted by Gasteiger charge is 2.12. The Labute approximate surface area is 88.5 Å². The van der Waals surface area contributed by atoms with Gasteiger partial charge in [-0.1, -0.05) is 13.8 Å². The van der Waals surface area contributed by atoms with Gasteiger partial charge in [0.25, 0.3) is 0 Å². The van der Waals surface area contributed by atoms with Crippen LogP contribution in [0.25, 0.3) is 0 Å². The number of rotatable bonds is 5. The van der Waals surface area contributed by atoms with Crippen LogP contribution in [0.4, 0.5) is 8.78 Å². The maximum atomic E-state index is 12.4. The average Bonchev–Trinajstić information content (AvgIpc) is 2.61. The van der Waals surface area contributed by atoms with E-state index in [1.54, 1.807) is 0 Å². The first kappa shape index (κ1) is 12.1. The van der Waals surface area contributed by atoms with Crippen molar-refractivity contribution in [2.75, 3.05) is 0 Å². The van der Waals surface area contributed by atoms with Crippen molar-refractivity contribution in [3.05, 3.63) is 18.2 Å². The van der Waals surface area contributed by atoms with E-state index in [-0.39, 0.29) is 6.04 Å². The third kappa shape index (κ3) is 3.27. The smallest absolute Gasteiger partial charge is 0.307 e. The Balaban J connectivity index is 2.54. The van der Waals surface area contributed by atoms with Gasteiger partial charge in [-0.05, 0) is 12.8 Å². The molecule has 0 aliphatic carbocycles. The summed E-state index contributed by atoms with van der Waals surface area (Å²) in [6, 6.07) is 0.285. The SMILES string of the molecule is CC(C)C(C)NCc1nccn1C(F)F. The molecular formula is C10H17F2N3. The van der Waals surface area contributed by atoms with Gasteiger partial charge in [0.1, 0.15) is 5.82 Å². The van der Waals surface area contributed by atoms with E-state index < -0.39 is 6.55 Å². The van der Waals surface area contributed by atoms with Gasteiger partial charge in [-0.2, -0.15) is 8.78 Å². The van der Waals surface area contributed by atoms with Crippen molar-refractivity contribution < 1.29 is 8.78 Å². The number of nitrogens with one attached hydrogen (secondary N) is 1. The number of hydrogen-bond donors (Lipinski definition) is 1. The minimum Gasteiger partial charge on any atom is -0.307 e. The van der Waals surface area contributed by atoms with Gasteiger partial charge in [0.2, 0.25) is 0 Å². The Kier molecular flexibility index (Phi) is 4.20. The standard InChI is InChI=1S/C10H17F2N3/c1-7(2)8(3)14-6-9-13-4-5-15(9)10(11)12/h4-5,7-8,10,14H,6H2,1-3H3. The fourth-order valence-corrected chi connectivity index (χ4v) is 1.15. The Bertz CT molecular complexity index is 297. The lowest BCUT2D eigenvalue weighted by atomic mass is 10.1. The highest BCUT2D eigenvalue weighted by molar-refractivity contribution is 4.92. The fraction of sp³-hybridized carbons (Fsp3) is 0.700. The third-order valence-electron chi connectivity index (χ3n) is 2.54. The van der Waals surface area contributed by atoms with E-state index in [1.807, 2.05) is 6.92 Å². The number of aromatic nitrogens is 2. The van der Waals surface area contributed by atoms with Crippen molar-refractivity contribution in [2.24, 2.45) is 5.92 Å². The summed E-state index contributed by atoms with van der Waals surface area (Å²) in [5.74, 6) is 0.845. The molecule has 1 heterocycles. The second-order valence-electron chi connectivity index (χ2n) is 3.94. The lowest BCUT2D eigenvalue weighted by molar-refractivity contribution is 0.0664. The molecule has 86 valence electrons. The molecule has 0 bridgehead atoms. The van der Waals surface area contributed by atoms with Crippen molar-refractivity contribution >= 4 is 0 Å². The molecule has 0 aliphatic rings. The summed E-state index contributed by atoms with van der Waals surface area (Å²) in [6.45, 7) is 4.05. The van der Waals surface area contributed by atoms with Gasteiger partial charge in [0, 0.05) is 18.4 Å². The number of halogens is 2. The van der Waals surface area contributed by atoms with Crippen molar-refractivity contribution in [3.63, 3.8) is 0 Å². The van der Waals surface area contributed by atoms with Crippen LogP contribution in [0.5, 0.6) is 0 Å². The second-order valence-corrected chi connectivity index (χ2v) is 3.94. The zero-order valence-electron chi connectivity index (χ0n) is 9.24. The van der Waals surface area contributed by atoms with Gasteiger partial charge < -0.3 is 5.32 Å². The molecule has 0 radical (unpaired) electrons. The first-order chi connectivity index (χ1) is 7.02. The predicted molar refractivity (Wildman–Crippen MR) is 54.6 cm³/mol. The largest absolute Gasteiger partial charge is 0.319 e. The molecule has 1 rings (SSSR count). The molecule has 0 aromatic carbocycles. The zero-order valence-corrected chi connectivity index (χ0v) is 9.24. The highest BCUT2D eigenvalue weighted by Crippen LogP contribution is 2.12. The van der Waals surface area contributed by atoms with Crippen LogP contribution in [0.3, 0.4) is 0 Å². The number of nitrogens with zero attached hydrogens (tertiary/aromatic N) is 2. The summed E-state index contributed by atoms with van der Waals surface area (Å²) in [5.41, 5.74) is 0. The van der Waals surface area contributed by atoms with E-state index in [2.05, 4.69) is 24.1 Å². The van der Waals surface area contributed by atoms with Crippen molar-refractivity contribution in [1.29, 1.82) is 0 Å². The molecule has 0 saturated heterocycles. The predicted octanol–water partition coefficient (Wildman–Crippen LogP) is 2.41. The van der Waals surface area contributed by atoms with Crippen LogP contribution in [0, 0.1) is 5.92 Å². The number of alkyl halides is 2. The van der Waals surface area contributed by atoms with Crippen LogP contribution >= 0.6 is 0 Å². The van der Waals surface area contributed by atoms with Crippen molar-refractivity contribution in [3.8, 4) is 0 Å². The van der Waals surface area contributed by atoms with Gasteiger partial charge >= 0.3 is 6.55 Å². The summed E-state index contributed by atoms with van der Waals surface area (Å²) in [4.78, 5) is 3.89. The summed E-state index contributed by atoms with van der Waals surface area (Å²) in [6.07, 6.45) is 2.69. The van der Waals surface area contributed by atoms with E-state index in [0.717, 1.165) is 4.57 Å². The summed E-state index contributed by atoms with van der Waals surface area (Å²) in [7, 11) is 0. The molecule has 1 aromatic rings. The van der Waals surface area contributed by atoms with Gasteiger partial charge in [0.05, 0.1) is 6.54 Å². The van der Waals surface area contributed by atoms with Crippen LogP contribution in [-0.2, 0) is 6.54 Å². The molecule has 0 aliphatic heterocycles. The minimum atomic E-state index is -2.52. The van der Waals surface area contributed by atoms with Crippen molar-refractivity contribution in [2.45, 2.75) is 39.9 Å². The average molecular weight is 217 g/mol. The van der Waals surface area contributed by atoms with E-state index in [1.165, 1.54) is 12.4 Å². The maximum absolute atomic E-state index is 12.4. The molecular weight excluding hydrogens is 200 g/mol. The monoisotopic (exact) mass is 217 g/mol. The van der Waals surface area contributed by atoms with Gasteiger partial charge in [-0.25, -0.2) is 4.98 Å². The number of hydrogen-bond acceptors (Lipinski definition) is 2. The molecule has 15 heavy (non-hydrogen) atoms. The van der Waals surface area contributed by atoms with E-state index in [9.17, 15) is 8.78 Å². The minimum absolute atomic E-state index is 0.285. The van der Waals surface area contributed by atoms with Gasteiger partial charge in [-0.3, -0.25) is 4.57 Å². The Morgan fingerprint density at radius 3 is 2.60 bits per heavy atom. The first-order valence-electron chi connectivity index (χ1n) is 5.05. The van der Waals surface area contributed by atoms with Crippen LogP contribution in [-0.4, -0.2) is 15.6 Å². The molecule has 5 heteroatoms.